The summed E-state index contributed by atoms with van der Waals surface area (Å²) in [5.74, 6) is 0.227. The van der Waals surface area contributed by atoms with E-state index in [1.54, 1.807) is 4.90 Å². The van der Waals surface area contributed by atoms with Gasteiger partial charge in [-0.05, 0) is 52.1 Å². The molecule has 0 radical (unpaired) electrons. The Bertz CT molecular complexity index is 257. The molecule has 2 N–H and O–H groups in total. The molecule has 0 aromatic carbocycles. The first-order chi connectivity index (χ1) is 10.1. The van der Waals surface area contributed by atoms with E-state index in [-0.39, 0.29) is 5.91 Å². The van der Waals surface area contributed by atoms with Gasteiger partial charge in [0.15, 0.2) is 0 Å². The lowest BCUT2D eigenvalue weighted by Crippen LogP contribution is -2.34. The van der Waals surface area contributed by atoms with Gasteiger partial charge in [-0.25, -0.2) is 0 Å². The zero-order valence-electron chi connectivity index (χ0n) is 14.6. The van der Waals surface area contributed by atoms with E-state index in [4.69, 9.17) is 5.73 Å². The fourth-order valence-electron chi connectivity index (χ4n) is 2.38. The number of hydrogen-bond acceptors (Lipinski definition) is 4. The fourth-order valence-corrected chi connectivity index (χ4v) is 2.38. The molecule has 5 heteroatoms. The summed E-state index contributed by atoms with van der Waals surface area (Å²) in [6, 6.07) is 0. The second kappa shape index (κ2) is 13.0. The lowest BCUT2D eigenvalue weighted by molar-refractivity contribution is -0.130. The van der Waals surface area contributed by atoms with Crippen molar-refractivity contribution in [2.24, 2.45) is 5.73 Å². The predicted octanol–water partition coefficient (Wildman–Crippen LogP) is 1.24. The molecule has 0 rings (SSSR count). The first-order valence-corrected chi connectivity index (χ1v) is 8.47. The quantitative estimate of drug-likeness (QED) is 0.556. The van der Waals surface area contributed by atoms with Crippen LogP contribution in [0.5, 0.6) is 0 Å². The maximum absolute atomic E-state index is 12.0. The van der Waals surface area contributed by atoms with Gasteiger partial charge in [0.05, 0.1) is 0 Å². The van der Waals surface area contributed by atoms with Crippen LogP contribution in [0.2, 0.25) is 0 Å². The van der Waals surface area contributed by atoms with Crippen molar-refractivity contribution in [2.75, 3.05) is 59.4 Å². The average molecular weight is 300 g/mol. The van der Waals surface area contributed by atoms with Gasteiger partial charge in [-0.3, -0.25) is 4.79 Å². The third-order valence-electron chi connectivity index (χ3n) is 4.06. The van der Waals surface area contributed by atoms with Gasteiger partial charge in [0.1, 0.15) is 0 Å². The van der Waals surface area contributed by atoms with E-state index < -0.39 is 0 Å². The summed E-state index contributed by atoms with van der Waals surface area (Å²) in [6.07, 6.45) is 2.66. The van der Waals surface area contributed by atoms with Crippen LogP contribution in [0.3, 0.4) is 0 Å². The molecule has 0 saturated carbocycles. The molecule has 0 aliphatic heterocycles. The SMILES string of the molecule is CCN(CC)CCCN(CC)CCC(=O)N(C)CCCN. The molecule has 5 nitrogen and oxygen atoms in total. The van der Waals surface area contributed by atoms with E-state index in [1.807, 2.05) is 7.05 Å². The van der Waals surface area contributed by atoms with E-state index in [0.29, 0.717) is 13.0 Å². The maximum Gasteiger partial charge on any atom is 0.223 e. The van der Waals surface area contributed by atoms with Crippen molar-refractivity contribution in [1.82, 2.24) is 14.7 Å². The second-order valence-corrected chi connectivity index (χ2v) is 5.52. The highest BCUT2D eigenvalue weighted by Crippen LogP contribution is 1.99. The highest BCUT2D eigenvalue weighted by atomic mass is 16.2. The van der Waals surface area contributed by atoms with E-state index in [9.17, 15) is 4.79 Å². The average Bonchev–Trinajstić information content (AvgIpc) is 2.51. The summed E-state index contributed by atoms with van der Waals surface area (Å²) < 4.78 is 0. The van der Waals surface area contributed by atoms with Gasteiger partial charge in [0.25, 0.3) is 0 Å². The Morgan fingerprint density at radius 2 is 1.43 bits per heavy atom. The smallest absolute Gasteiger partial charge is 0.223 e. The first kappa shape index (κ1) is 20.3. The van der Waals surface area contributed by atoms with Crippen molar-refractivity contribution in [3.8, 4) is 0 Å². The minimum Gasteiger partial charge on any atom is -0.346 e. The van der Waals surface area contributed by atoms with Crippen LogP contribution in [0.25, 0.3) is 0 Å². The first-order valence-electron chi connectivity index (χ1n) is 8.47. The third-order valence-corrected chi connectivity index (χ3v) is 4.06. The van der Waals surface area contributed by atoms with Gasteiger partial charge < -0.3 is 20.4 Å². The van der Waals surface area contributed by atoms with E-state index >= 15 is 0 Å². The highest BCUT2D eigenvalue weighted by Gasteiger charge is 2.11. The zero-order valence-corrected chi connectivity index (χ0v) is 14.6. The monoisotopic (exact) mass is 300 g/mol. The molecule has 126 valence electrons. The molecular weight excluding hydrogens is 264 g/mol. The molecule has 0 aromatic heterocycles. The van der Waals surface area contributed by atoms with Crippen LogP contribution in [0, 0.1) is 0 Å². The predicted molar refractivity (Wildman–Crippen MR) is 90.4 cm³/mol. The molecule has 0 aliphatic rings. The van der Waals surface area contributed by atoms with Crippen LogP contribution in [0.1, 0.15) is 40.0 Å². The number of hydrogen-bond donors (Lipinski definition) is 1. The van der Waals surface area contributed by atoms with Crippen LogP contribution in [-0.4, -0.2) is 80.0 Å². The summed E-state index contributed by atoms with van der Waals surface area (Å²) in [7, 11) is 1.87. The van der Waals surface area contributed by atoms with E-state index in [1.165, 1.54) is 6.42 Å². The lowest BCUT2D eigenvalue weighted by atomic mass is 10.3. The number of carbonyl (C=O) groups is 1. The molecule has 0 aromatic rings. The number of nitrogens with two attached hydrogens (primary N) is 1. The molecule has 0 bridgehead atoms. The van der Waals surface area contributed by atoms with Crippen LogP contribution in [0.4, 0.5) is 0 Å². The Hall–Kier alpha value is -0.650. The maximum atomic E-state index is 12.0. The minimum absolute atomic E-state index is 0.227. The number of nitrogens with zero attached hydrogens (tertiary/aromatic N) is 3. The summed E-state index contributed by atoms with van der Waals surface area (Å²) in [4.78, 5) is 18.6. The van der Waals surface area contributed by atoms with Crippen LogP contribution in [0.15, 0.2) is 0 Å². The van der Waals surface area contributed by atoms with Gasteiger partial charge in [-0.15, -0.1) is 0 Å². The van der Waals surface area contributed by atoms with Crippen LogP contribution >= 0.6 is 0 Å². The molecule has 0 spiro atoms. The number of amides is 1. The Balaban J connectivity index is 3.90. The summed E-state index contributed by atoms with van der Waals surface area (Å²) in [6.45, 7) is 14.3. The van der Waals surface area contributed by atoms with Crippen molar-refractivity contribution in [3.63, 3.8) is 0 Å². The largest absolute Gasteiger partial charge is 0.346 e. The van der Waals surface area contributed by atoms with E-state index in [0.717, 1.165) is 52.2 Å². The molecule has 0 unspecified atom stereocenters. The van der Waals surface area contributed by atoms with Gasteiger partial charge in [-0.1, -0.05) is 20.8 Å². The fraction of sp³-hybridized carbons (Fsp3) is 0.938. The van der Waals surface area contributed by atoms with Gasteiger partial charge in [0, 0.05) is 26.6 Å². The van der Waals surface area contributed by atoms with Crippen molar-refractivity contribution in [1.29, 1.82) is 0 Å². The molecule has 0 aliphatic carbocycles. The van der Waals surface area contributed by atoms with Crippen molar-refractivity contribution in [2.45, 2.75) is 40.0 Å². The van der Waals surface area contributed by atoms with Gasteiger partial charge in [0.2, 0.25) is 5.91 Å². The topological polar surface area (TPSA) is 52.8 Å². The van der Waals surface area contributed by atoms with Crippen molar-refractivity contribution >= 4 is 5.91 Å². The Morgan fingerprint density at radius 3 is 1.95 bits per heavy atom. The molecule has 0 fully saturated rings. The summed E-state index contributed by atoms with van der Waals surface area (Å²) >= 11 is 0. The minimum atomic E-state index is 0.227. The zero-order chi connectivity index (χ0) is 16.1. The van der Waals surface area contributed by atoms with E-state index in [2.05, 4.69) is 30.6 Å². The van der Waals surface area contributed by atoms with Crippen molar-refractivity contribution < 1.29 is 4.79 Å². The summed E-state index contributed by atoms with van der Waals surface area (Å²) in [5.41, 5.74) is 5.47. The molecular formula is C16H36N4O. The Labute approximate surface area is 131 Å². The summed E-state index contributed by atoms with van der Waals surface area (Å²) in [5, 5.41) is 0. The second-order valence-electron chi connectivity index (χ2n) is 5.52. The Morgan fingerprint density at radius 1 is 0.857 bits per heavy atom. The lowest BCUT2D eigenvalue weighted by Gasteiger charge is -2.24. The van der Waals surface area contributed by atoms with Crippen LogP contribution < -0.4 is 5.73 Å². The van der Waals surface area contributed by atoms with Crippen molar-refractivity contribution in [3.05, 3.63) is 0 Å². The third kappa shape index (κ3) is 9.82. The normalized spacial score (nSPS) is 11.4. The molecule has 0 heterocycles. The molecule has 0 atom stereocenters. The highest BCUT2D eigenvalue weighted by molar-refractivity contribution is 5.76. The van der Waals surface area contributed by atoms with Crippen LogP contribution in [-0.2, 0) is 4.79 Å². The number of rotatable bonds is 13. The Kier molecular flexibility index (Phi) is 12.6. The standard InChI is InChI=1S/C16H36N4O/c1-5-19(6-2)13-9-14-20(7-3)15-10-16(21)18(4)12-8-11-17/h5-15,17H2,1-4H3. The molecule has 0 saturated heterocycles. The molecule has 1 amide bonds. The van der Waals surface area contributed by atoms with Gasteiger partial charge in [-0.2, -0.15) is 0 Å². The molecule has 21 heavy (non-hydrogen) atoms. The van der Waals surface area contributed by atoms with Gasteiger partial charge >= 0.3 is 0 Å². The number of carbonyl (C=O) groups excluding carboxylic acids is 1.